The highest BCUT2D eigenvalue weighted by Gasteiger charge is 2.18. The van der Waals surface area contributed by atoms with Crippen LogP contribution < -0.4 is 11.1 Å². The third-order valence-electron chi connectivity index (χ3n) is 5.59. The molecule has 3 rings (SSSR count). The van der Waals surface area contributed by atoms with E-state index in [2.05, 4.69) is 30.3 Å². The number of carbonyl (C=O) groups excluding carboxylic acids is 4. The number of esters is 3. The highest BCUT2D eigenvalue weighted by atomic mass is 16.6. The van der Waals surface area contributed by atoms with Crippen molar-refractivity contribution in [1.29, 1.82) is 0 Å². The summed E-state index contributed by atoms with van der Waals surface area (Å²) >= 11 is 0. The number of hydrogen-bond donors (Lipinski definition) is 2. The van der Waals surface area contributed by atoms with Crippen molar-refractivity contribution < 1.29 is 38.1 Å². The van der Waals surface area contributed by atoms with Gasteiger partial charge in [-0.1, -0.05) is 5.11 Å². The molecule has 16 nitrogen and oxygen atoms in total. The third kappa shape index (κ3) is 14.1. The molecule has 16 heteroatoms. The molecule has 0 unspecified atom stereocenters. The van der Waals surface area contributed by atoms with Crippen LogP contribution in [-0.2, 0) is 18.9 Å². The van der Waals surface area contributed by atoms with E-state index in [1.54, 1.807) is 68.4 Å². The standard InChI is InChI=1S/C14H20N2O4.C9H10N4O2.C9H12N2O2/c1-6-19-12(17)10-7-11(9(2)15-8-10)16-13(18)20-14(3,4)5;1-3-15-9(14)7-4-8(12-13-10)6(2)11-5-7;1-3-13-9(12)7-4-8(10)6(2)11-5-7/h7-8H,6H2,1-5H3,(H,16,18);4-5H,3H2,1-2H3;4-5H,3,10H2,1-2H3. The maximum atomic E-state index is 11.7. The number of carbonyl (C=O) groups is 4. The van der Waals surface area contributed by atoms with Crippen molar-refractivity contribution in [3.05, 3.63) is 81.0 Å². The van der Waals surface area contributed by atoms with Crippen molar-refractivity contribution >= 4 is 41.1 Å². The molecule has 48 heavy (non-hydrogen) atoms. The van der Waals surface area contributed by atoms with Gasteiger partial charge in [0.25, 0.3) is 0 Å². The fourth-order valence-electron chi connectivity index (χ4n) is 3.27. The number of nitrogens with zero attached hydrogens (tertiary/aromatic N) is 6. The molecule has 3 N–H and O–H groups in total. The van der Waals surface area contributed by atoms with E-state index in [0.29, 0.717) is 52.9 Å². The number of hydrogen-bond acceptors (Lipinski definition) is 13. The summed E-state index contributed by atoms with van der Waals surface area (Å²) in [6.45, 7) is 16.6. The van der Waals surface area contributed by atoms with Gasteiger partial charge in [-0.3, -0.25) is 20.3 Å². The fourth-order valence-corrected chi connectivity index (χ4v) is 3.27. The van der Waals surface area contributed by atoms with Gasteiger partial charge in [-0.25, -0.2) is 19.2 Å². The fraction of sp³-hybridized carbons (Fsp3) is 0.406. The van der Waals surface area contributed by atoms with Gasteiger partial charge in [-0.15, -0.1) is 0 Å². The maximum absolute atomic E-state index is 11.7. The van der Waals surface area contributed by atoms with Crippen molar-refractivity contribution in [3.8, 4) is 0 Å². The minimum Gasteiger partial charge on any atom is -0.462 e. The molecule has 3 aromatic rings. The number of rotatable bonds is 8. The Balaban J connectivity index is 0.000000370. The van der Waals surface area contributed by atoms with Crippen molar-refractivity contribution in [2.24, 2.45) is 5.11 Å². The van der Waals surface area contributed by atoms with Crippen molar-refractivity contribution in [2.75, 3.05) is 30.9 Å². The molecule has 0 aliphatic heterocycles. The van der Waals surface area contributed by atoms with Gasteiger partial charge in [-0.05, 0) is 86.0 Å². The van der Waals surface area contributed by atoms with Crippen LogP contribution in [0.25, 0.3) is 10.4 Å². The maximum Gasteiger partial charge on any atom is 0.412 e. The summed E-state index contributed by atoms with van der Waals surface area (Å²) in [7, 11) is 0. The van der Waals surface area contributed by atoms with Gasteiger partial charge in [-0.2, -0.15) is 0 Å². The van der Waals surface area contributed by atoms with Gasteiger partial charge in [0.1, 0.15) is 5.60 Å². The zero-order chi connectivity index (χ0) is 36.4. The summed E-state index contributed by atoms with van der Waals surface area (Å²) in [4.78, 5) is 60.4. The average molecular weight is 667 g/mol. The van der Waals surface area contributed by atoms with Gasteiger partial charge in [0, 0.05) is 29.2 Å². The Kier molecular flexibility index (Phi) is 16.5. The van der Waals surface area contributed by atoms with Crippen molar-refractivity contribution in [3.63, 3.8) is 0 Å². The Morgan fingerprint density at radius 1 is 0.771 bits per heavy atom. The summed E-state index contributed by atoms with van der Waals surface area (Å²) in [5, 5.41) is 5.99. The monoisotopic (exact) mass is 666 g/mol. The van der Waals surface area contributed by atoms with Gasteiger partial charge in [0.05, 0.1) is 65.0 Å². The van der Waals surface area contributed by atoms with Crippen LogP contribution in [0.2, 0.25) is 0 Å². The summed E-state index contributed by atoms with van der Waals surface area (Å²) < 4.78 is 19.6. The smallest absolute Gasteiger partial charge is 0.412 e. The molecule has 0 spiro atoms. The summed E-state index contributed by atoms with van der Waals surface area (Å²) in [6.07, 6.45) is 3.67. The number of nitrogens with one attached hydrogen (secondary N) is 1. The number of amides is 1. The number of azide groups is 1. The van der Waals surface area contributed by atoms with Crippen LogP contribution >= 0.6 is 0 Å². The molecule has 1 amide bonds. The SMILES string of the molecule is CCOC(=O)c1cnc(C)c(N)c1.CCOC(=O)c1cnc(C)c(N=[N+]=[N-])c1.CCOC(=O)c1cnc(C)c(NC(=O)OC(C)(C)C)c1. The lowest BCUT2D eigenvalue weighted by Gasteiger charge is -2.20. The van der Waals surface area contributed by atoms with E-state index in [9.17, 15) is 19.2 Å². The second kappa shape index (κ2) is 19.7. The molecular weight excluding hydrogens is 624 g/mol. The van der Waals surface area contributed by atoms with E-state index >= 15 is 0 Å². The minimum absolute atomic E-state index is 0.279. The lowest BCUT2D eigenvalue weighted by Crippen LogP contribution is -2.27. The number of aryl methyl sites for hydroxylation is 3. The van der Waals surface area contributed by atoms with Crippen LogP contribution in [0, 0.1) is 20.8 Å². The molecule has 0 aromatic carbocycles. The summed E-state index contributed by atoms with van der Waals surface area (Å²) in [6, 6.07) is 4.55. The molecule has 0 aliphatic carbocycles. The van der Waals surface area contributed by atoms with E-state index in [-0.39, 0.29) is 23.7 Å². The average Bonchev–Trinajstić information content (AvgIpc) is 3.01. The van der Waals surface area contributed by atoms with E-state index in [0.717, 1.165) is 0 Å². The van der Waals surface area contributed by atoms with Gasteiger partial charge in [0.15, 0.2) is 0 Å². The zero-order valence-electron chi connectivity index (χ0n) is 28.6. The number of nitrogens with two attached hydrogens (primary N) is 1. The predicted molar refractivity (Wildman–Crippen MR) is 178 cm³/mol. The van der Waals surface area contributed by atoms with Crippen LogP contribution in [0.1, 0.15) is 89.7 Å². The highest BCUT2D eigenvalue weighted by Crippen LogP contribution is 2.19. The lowest BCUT2D eigenvalue weighted by molar-refractivity contribution is 0.0516. The first-order valence-corrected chi connectivity index (χ1v) is 14.8. The predicted octanol–water partition coefficient (Wildman–Crippen LogP) is 6.57. The topological polar surface area (TPSA) is 231 Å². The van der Waals surface area contributed by atoms with Crippen LogP contribution in [0.4, 0.5) is 21.9 Å². The Morgan fingerprint density at radius 2 is 1.21 bits per heavy atom. The molecule has 0 radical (unpaired) electrons. The van der Waals surface area contributed by atoms with Gasteiger partial charge < -0.3 is 24.7 Å². The van der Waals surface area contributed by atoms with E-state index in [4.69, 9.17) is 30.2 Å². The minimum atomic E-state index is -0.594. The number of aromatic nitrogens is 3. The number of pyridine rings is 3. The van der Waals surface area contributed by atoms with Crippen molar-refractivity contribution in [2.45, 2.75) is 67.9 Å². The quantitative estimate of drug-likeness (QED) is 0.0854. The Bertz CT molecular complexity index is 1630. The Labute approximate surface area is 279 Å². The first-order valence-electron chi connectivity index (χ1n) is 14.8. The molecule has 3 heterocycles. The molecule has 258 valence electrons. The van der Waals surface area contributed by atoms with Crippen LogP contribution in [-0.4, -0.2) is 64.4 Å². The number of nitrogen functional groups attached to an aromatic ring is 1. The van der Waals surface area contributed by atoms with Crippen LogP contribution in [0.3, 0.4) is 0 Å². The Morgan fingerprint density at radius 3 is 1.65 bits per heavy atom. The van der Waals surface area contributed by atoms with E-state index < -0.39 is 23.6 Å². The first kappa shape index (κ1) is 40.3. The molecular formula is C32H42N8O8. The normalized spacial score (nSPS) is 10.0. The zero-order valence-corrected chi connectivity index (χ0v) is 28.6. The highest BCUT2D eigenvalue weighted by molar-refractivity contribution is 5.93. The molecule has 0 saturated carbocycles. The number of ether oxygens (including phenoxy) is 4. The second-order valence-corrected chi connectivity index (χ2v) is 10.6. The lowest BCUT2D eigenvalue weighted by atomic mass is 10.2. The first-order chi connectivity index (χ1) is 22.6. The summed E-state index contributed by atoms with van der Waals surface area (Å²) in [5.41, 5.74) is 17.4. The van der Waals surface area contributed by atoms with E-state index in [1.165, 1.54) is 30.7 Å². The largest absolute Gasteiger partial charge is 0.462 e. The van der Waals surface area contributed by atoms with Crippen LogP contribution in [0.5, 0.6) is 0 Å². The molecule has 0 saturated heterocycles. The molecule has 3 aromatic heterocycles. The molecule has 0 atom stereocenters. The van der Waals surface area contributed by atoms with E-state index in [1.807, 2.05) is 0 Å². The van der Waals surface area contributed by atoms with Gasteiger partial charge in [0.2, 0.25) is 0 Å². The Hall–Kier alpha value is -5.76. The second-order valence-electron chi connectivity index (χ2n) is 10.6. The summed E-state index contributed by atoms with van der Waals surface area (Å²) in [5.74, 6) is -1.34. The molecule has 0 aliphatic rings. The molecule has 0 bridgehead atoms. The third-order valence-corrected chi connectivity index (χ3v) is 5.59. The molecule has 0 fully saturated rings. The van der Waals surface area contributed by atoms with Crippen molar-refractivity contribution in [1.82, 2.24) is 15.0 Å². The van der Waals surface area contributed by atoms with Crippen LogP contribution in [0.15, 0.2) is 41.9 Å². The van der Waals surface area contributed by atoms with Gasteiger partial charge >= 0.3 is 24.0 Å². The number of anilines is 2.